The lowest BCUT2D eigenvalue weighted by molar-refractivity contribution is 0.0171. The zero-order valence-electron chi connectivity index (χ0n) is 13.9. The van der Waals surface area contributed by atoms with E-state index in [1.807, 2.05) is 0 Å². The molecule has 2 saturated heterocycles. The molecular weight excluding hydrogens is 246 g/mol. The summed E-state index contributed by atoms with van der Waals surface area (Å²) in [5.41, 5.74) is 5.27. The van der Waals surface area contributed by atoms with Crippen molar-refractivity contribution in [2.75, 3.05) is 19.6 Å². The first-order valence-corrected chi connectivity index (χ1v) is 8.46. The smallest absolute Gasteiger partial charge is 0.0239 e. The van der Waals surface area contributed by atoms with Crippen molar-refractivity contribution in [1.29, 1.82) is 0 Å². The van der Waals surface area contributed by atoms with E-state index in [0.717, 1.165) is 6.54 Å². The monoisotopic (exact) mass is 279 g/mol. The summed E-state index contributed by atoms with van der Waals surface area (Å²) in [4.78, 5) is 2.58. The molecule has 3 nitrogen and oxygen atoms in total. The molecule has 0 radical (unpaired) electrons. The highest BCUT2D eigenvalue weighted by molar-refractivity contribution is 4.95. The van der Waals surface area contributed by atoms with Gasteiger partial charge in [0.15, 0.2) is 0 Å². The first-order chi connectivity index (χ1) is 9.56. The minimum Gasteiger partial charge on any atom is -0.300 e. The van der Waals surface area contributed by atoms with Crippen LogP contribution in [0.5, 0.6) is 0 Å². The van der Waals surface area contributed by atoms with E-state index in [2.05, 4.69) is 49.1 Å². The van der Waals surface area contributed by atoms with E-state index in [0.29, 0.717) is 18.1 Å². The van der Waals surface area contributed by atoms with Crippen molar-refractivity contribution in [1.82, 2.24) is 15.3 Å². The van der Waals surface area contributed by atoms with Crippen LogP contribution in [-0.4, -0.2) is 47.7 Å². The Morgan fingerprint density at radius 1 is 1.05 bits per heavy atom. The van der Waals surface area contributed by atoms with Gasteiger partial charge in [-0.3, -0.25) is 10.3 Å². The summed E-state index contributed by atoms with van der Waals surface area (Å²) >= 11 is 0. The van der Waals surface area contributed by atoms with Gasteiger partial charge in [0, 0.05) is 24.7 Å². The molecule has 2 unspecified atom stereocenters. The van der Waals surface area contributed by atoms with E-state index in [-0.39, 0.29) is 0 Å². The van der Waals surface area contributed by atoms with Crippen molar-refractivity contribution in [2.24, 2.45) is 0 Å². The highest BCUT2D eigenvalue weighted by atomic mass is 15.5. The number of nitrogens with one attached hydrogen (secondary N) is 1. The van der Waals surface area contributed by atoms with Crippen LogP contribution in [0.15, 0.2) is 11.6 Å². The highest BCUT2D eigenvalue weighted by Crippen LogP contribution is 2.22. The van der Waals surface area contributed by atoms with Crippen molar-refractivity contribution >= 4 is 0 Å². The molecule has 0 aromatic carbocycles. The summed E-state index contributed by atoms with van der Waals surface area (Å²) in [6.07, 6.45) is 9.00. The maximum atomic E-state index is 3.83. The van der Waals surface area contributed by atoms with Gasteiger partial charge in [0.1, 0.15) is 0 Å². The zero-order chi connectivity index (χ0) is 14.5. The maximum Gasteiger partial charge on any atom is 0.0239 e. The second-order valence-electron chi connectivity index (χ2n) is 7.02. The molecule has 0 amide bonds. The largest absolute Gasteiger partial charge is 0.300 e. The number of likely N-dealkylation sites (tertiary alicyclic amines) is 1. The standard InChI is InChI=1S/C17H33N3/c1-14(2)8-11-19-12-9-17(10-13-19)18-20-15(3)6-5-7-16(20)4/h8,15-18H,5-7,9-13H2,1-4H3. The number of allylic oxidation sites excluding steroid dienone is 1. The van der Waals surface area contributed by atoms with Gasteiger partial charge in [0.2, 0.25) is 0 Å². The molecule has 0 bridgehead atoms. The molecule has 0 spiro atoms. The third-order valence-corrected chi connectivity index (χ3v) is 4.87. The van der Waals surface area contributed by atoms with Crippen LogP contribution in [0.1, 0.15) is 59.8 Å². The van der Waals surface area contributed by atoms with Crippen molar-refractivity contribution in [3.05, 3.63) is 11.6 Å². The fraction of sp³-hybridized carbons (Fsp3) is 0.882. The van der Waals surface area contributed by atoms with Crippen LogP contribution in [0.2, 0.25) is 0 Å². The van der Waals surface area contributed by atoms with Gasteiger partial charge in [-0.05, 0) is 66.5 Å². The van der Waals surface area contributed by atoms with Gasteiger partial charge in [-0.15, -0.1) is 0 Å². The molecule has 0 aliphatic carbocycles. The second-order valence-corrected chi connectivity index (χ2v) is 7.02. The summed E-state index contributed by atoms with van der Waals surface area (Å²) < 4.78 is 0. The van der Waals surface area contributed by atoms with Crippen molar-refractivity contribution in [3.8, 4) is 0 Å². The second kappa shape index (κ2) is 7.58. The highest BCUT2D eigenvalue weighted by Gasteiger charge is 2.28. The van der Waals surface area contributed by atoms with Crippen LogP contribution in [0.25, 0.3) is 0 Å². The molecule has 2 aliphatic heterocycles. The Hall–Kier alpha value is -0.380. The number of rotatable bonds is 4. The molecule has 2 rings (SSSR count). The Morgan fingerprint density at radius 2 is 1.65 bits per heavy atom. The van der Waals surface area contributed by atoms with Crippen molar-refractivity contribution in [2.45, 2.75) is 77.9 Å². The number of hydrazine groups is 1. The summed E-state index contributed by atoms with van der Waals surface area (Å²) in [5.74, 6) is 0. The Kier molecular flexibility index (Phi) is 6.06. The zero-order valence-corrected chi connectivity index (χ0v) is 13.9. The van der Waals surface area contributed by atoms with E-state index < -0.39 is 0 Å². The summed E-state index contributed by atoms with van der Waals surface area (Å²) in [6.45, 7) is 12.7. The first-order valence-electron chi connectivity index (χ1n) is 8.46. The fourth-order valence-corrected chi connectivity index (χ4v) is 3.44. The summed E-state index contributed by atoms with van der Waals surface area (Å²) in [7, 11) is 0. The number of piperidine rings is 2. The molecule has 116 valence electrons. The van der Waals surface area contributed by atoms with Crippen LogP contribution in [-0.2, 0) is 0 Å². The fourth-order valence-electron chi connectivity index (χ4n) is 3.44. The minimum atomic E-state index is 0.681. The van der Waals surface area contributed by atoms with Crippen molar-refractivity contribution < 1.29 is 0 Å². The Morgan fingerprint density at radius 3 is 2.20 bits per heavy atom. The topological polar surface area (TPSA) is 18.5 Å². The van der Waals surface area contributed by atoms with Gasteiger partial charge in [-0.25, -0.2) is 5.01 Å². The van der Waals surface area contributed by atoms with Gasteiger partial charge in [0.05, 0.1) is 0 Å². The number of hydrogen-bond acceptors (Lipinski definition) is 3. The van der Waals surface area contributed by atoms with E-state index >= 15 is 0 Å². The third-order valence-electron chi connectivity index (χ3n) is 4.87. The molecule has 20 heavy (non-hydrogen) atoms. The molecule has 1 N–H and O–H groups in total. The van der Waals surface area contributed by atoms with E-state index in [1.54, 1.807) is 0 Å². The quantitative estimate of drug-likeness (QED) is 0.797. The third kappa shape index (κ3) is 4.57. The summed E-state index contributed by atoms with van der Waals surface area (Å²) in [5, 5.41) is 2.54. The molecule has 0 aromatic heterocycles. The van der Waals surface area contributed by atoms with Crippen LogP contribution in [0.3, 0.4) is 0 Å². The van der Waals surface area contributed by atoms with E-state index in [4.69, 9.17) is 0 Å². The SMILES string of the molecule is CC(C)=CCN1CCC(NN2C(C)CCCC2C)CC1. The van der Waals surface area contributed by atoms with E-state index in [9.17, 15) is 0 Å². The van der Waals surface area contributed by atoms with Gasteiger partial charge in [-0.1, -0.05) is 18.1 Å². The van der Waals surface area contributed by atoms with E-state index in [1.165, 1.54) is 50.8 Å². The maximum absolute atomic E-state index is 3.83. The lowest BCUT2D eigenvalue weighted by Gasteiger charge is -2.43. The van der Waals surface area contributed by atoms with Crippen LogP contribution in [0.4, 0.5) is 0 Å². The van der Waals surface area contributed by atoms with Crippen molar-refractivity contribution in [3.63, 3.8) is 0 Å². The van der Waals surface area contributed by atoms with Gasteiger partial charge in [0.25, 0.3) is 0 Å². The Bertz CT molecular complexity index is 304. The van der Waals surface area contributed by atoms with Crippen LogP contribution >= 0.6 is 0 Å². The number of hydrogen-bond donors (Lipinski definition) is 1. The molecule has 3 heteroatoms. The molecule has 2 atom stereocenters. The lowest BCUT2D eigenvalue weighted by atomic mass is 9.99. The predicted molar refractivity (Wildman–Crippen MR) is 86.6 cm³/mol. The average Bonchev–Trinajstić information content (AvgIpc) is 2.42. The van der Waals surface area contributed by atoms with Gasteiger partial charge >= 0.3 is 0 Å². The molecule has 0 saturated carbocycles. The van der Waals surface area contributed by atoms with Crippen LogP contribution in [0, 0.1) is 0 Å². The molecule has 2 fully saturated rings. The molecule has 2 aliphatic rings. The predicted octanol–water partition coefficient (Wildman–Crippen LogP) is 3.18. The normalized spacial score (nSPS) is 30.4. The minimum absolute atomic E-state index is 0.681. The van der Waals surface area contributed by atoms with Gasteiger partial charge < -0.3 is 0 Å². The first kappa shape index (κ1) is 16.0. The van der Waals surface area contributed by atoms with Crippen LogP contribution < -0.4 is 5.43 Å². The molecule has 2 heterocycles. The number of nitrogens with zero attached hydrogens (tertiary/aromatic N) is 2. The molecule has 0 aromatic rings. The Balaban J connectivity index is 1.75. The lowest BCUT2D eigenvalue weighted by Crippen LogP contribution is -2.57. The molecular formula is C17H33N3. The summed E-state index contributed by atoms with van der Waals surface area (Å²) in [6, 6.07) is 2.07. The average molecular weight is 279 g/mol. The Labute approximate surface area is 125 Å². The van der Waals surface area contributed by atoms with Gasteiger partial charge in [-0.2, -0.15) is 0 Å².